The fraction of sp³-hybridized carbons (Fsp3) is 0.448. The Labute approximate surface area is 220 Å². The minimum absolute atomic E-state index is 0.00227. The van der Waals surface area contributed by atoms with Crippen molar-refractivity contribution in [1.29, 1.82) is 0 Å². The first-order chi connectivity index (χ1) is 17.3. The van der Waals surface area contributed by atoms with Crippen molar-refractivity contribution in [3.05, 3.63) is 81.9 Å². The number of hydrogen-bond acceptors (Lipinski definition) is 4. The molecule has 4 heterocycles. The Morgan fingerprint density at radius 3 is 2.39 bits per heavy atom. The molecule has 0 bridgehead atoms. The lowest BCUT2D eigenvalue weighted by Gasteiger charge is -2.32. The second-order valence-corrected chi connectivity index (χ2v) is 10.6. The van der Waals surface area contributed by atoms with Crippen LogP contribution in [0.25, 0.3) is 5.69 Å². The van der Waals surface area contributed by atoms with Crippen LogP contribution in [0.5, 0.6) is 0 Å². The number of nitrogens with zero attached hydrogens (tertiary/aromatic N) is 4. The van der Waals surface area contributed by atoms with Gasteiger partial charge in [-0.25, -0.2) is 0 Å². The van der Waals surface area contributed by atoms with E-state index in [1.807, 2.05) is 12.3 Å². The number of thiocarbonyl (C=S) groups is 1. The number of pyridine rings is 1. The zero-order chi connectivity index (χ0) is 25.4. The average Bonchev–Trinajstić information content (AvgIpc) is 3.34. The molecule has 0 spiro atoms. The Morgan fingerprint density at radius 1 is 1.00 bits per heavy atom. The molecule has 190 valence electrons. The number of morpholine rings is 1. The molecule has 0 amide bonds. The lowest BCUT2D eigenvalue weighted by Crippen LogP contribution is -2.42. The smallest absolute Gasteiger partial charge is 0.170 e. The van der Waals surface area contributed by atoms with Crippen molar-refractivity contribution >= 4 is 17.3 Å². The summed E-state index contributed by atoms with van der Waals surface area (Å²) in [6, 6.07) is 13.1. The molecular formula is C29H37N5OS. The Balaban J connectivity index is 1.56. The van der Waals surface area contributed by atoms with Gasteiger partial charge in [-0.1, -0.05) is 23.8 Å². The molecule has 2 aromatic heterocycles. The molecule has 2 aliphatic rings. The van der Waals surface area contributed by atoms with Crippen molar-refractivity contribution < 1.29 is 4.74 Å². The molecule has 1 N–H and O–H groups in total. The number of benzene rings is 1. The number of rotatable bonds is 6. The first kappa shape index (κ1) is 24.9. The summed E-state index contributed by atoms with van der Waals surface area (Å²) in [6.07, 6.45) is 1.87. The zero-order valence-electron chi connectivity index (χ0n) is 22.0. The maximum Gasteiger partial charge on any atom is 0.170 e. The number of nitrogens with one attached hydrogen (secondary N) is 1. The topological polar surface area (TPSA) is 45.6 Å². The highest BCUT2D eigenvalue weighted by molar-refractivity contribution is 7.80. The van der Waals surface area contributed by atoms with E-state index >= 15 is 0 Å². The predicted octanol–water partition coefficient (Wildman–Crippen LogP) is 4.72. The van der Waals surface area contributed by atoms with Gasteiger partial charge in [-0.2, -0.15) is 0 Å². The predicted molar refractivity (Wildman–Crippen MR) is 149 cm³/mol. The van der Waals surface area contributed by atoms with E-state index in [0.29, 0.717) is 0 Å². The van der Waals surface area contributed by atoms with E-state index in [2.05, 4.69) is 84.6 Å². The maximum absolute atomic E-state index is 5.93. The SMILES string of the molecule is Cc1cc(C)c(-n2c(C)cc([C@H]3[C@H](c4ccccn4)NC(=S)N3CCN3CCOCC3)c2C)c(C)c1. The fourth-order valence-electron chi connectivity index (χ4n) is 6.02. The molecule has 0 unspecified atom stereocenters. The number of hydrogen-bond donors (Lipinski definition) is 1. The van der Waals surface area contributed by atoms with Gasteiger partial charge in [0.15, 0.2) is 5.11 Å². The van der Waals surface area contributed by atoms with Gasteiger partial charge in [0, 0.05) is 43.8 Å². The molecule has 36 heavy (non-hydrogen) atoms. The van der Waals surface area contributed by atoms with Crippen LogP contribution in [-0.4, -0.2) is 63.9 Å². The third-order valence-corrected chi connectivity index (χ3v) is 7.96. The summed E-state index contributed by atoms with van der Waals surface area (Å²) in [4.78, 5) is 9.58. The molecule has 5 rings (SSSR count). The summed E-state index contributed by atoms with van der Waals surface area (Å²) in [5.41, 5.74) is 10.00. The average molecular weight is 504 g/mol. The standard InChI is InChI=1S/C29H37N5OS/c1-19-16-20(2)27(21(3)17-19)34-22(4)18-24(23(34)5)28-26(25-8-6-7-9-30-25)31-29(36)33(28)11-10-32-12-14-35-15-13-32/h6-9,16-18,26,28H,10-15H2,1-5H3,(H,31,36)/t26-,28-/m0/s1. The Kier molecular flexibility index (Phi) is 7.15. The van der Waals surface area contributed by atoms with Crippen LogP contribution < -0.4 is 5.32 Å². The monoisotopic (exact) mass is 503 g/mol. The third-order valence-electron chi connectivity index (χ3n) is 7.61. The molecule has 1 aromatic carbocycles. The van der Waals surface area contributed by atoms with Crippen LogP contribution in [-0.2, 0) is 4.74 Å². The third kappa shape index (κ3) is 4.67. The van der Waals surface area contributed by atoms with Crippen LogP contribution >= 0.6 is 12.2 Å². The zero-order valence-corrected chi connectivity index (χ0v) is 22.9. The first-order valence-electron chi connectivity index (χ1n) is 12.9. The molecule has 2 atom stereocenters. The van der Waals surface area contributed by atoms with E-state index < -0.39 is 0 Å². The van der Waals surface area contributed by atoms with Crippen molar-refractivity contribution in [2.75, 3.05) is 39.4 Å². The molecule has 2 aliphatic heterocycles. The summed E-state index contributed by atoms with van der Waals surface area (Å²) in [5.74, 6) is 0. The molecule has 2 fully saturated rings. The van der Waals surface area contributed by atoms with Gasteiger partial charge in [-0.3, -0.25) is 9.88 Å². The molecule has 0 saturated carbocycles. The number of aryl methyl sites for hydroxylation is 4. The summed E-state index contributed by atoms with van der Waals surface area (Å²) < 4.78 is 7.98. The highest BCUT2D eigenvalue weighted by Gasteiger charge is 2.41. The Hall–Kier alpha value is -2.74. The van der Waals surface area contributed by atoms with Gasteiger partial charge in [-0.15, -0.1) is 0 Å². The van der Waals surface area contributed by atoms with Crippen molar-refractivity contribution in [3.8, 4) is 5.69 Å². The second kappa shape index (κ2) is 10.3. The summed E-state index contributed by atoms with van der Waals surface area (Å²) in [5, 5.41) is 4.43. The highest BCUT2D eigenvalue weighted by atomic mass is 32.1. The quantitative estimate of drug-likeness (QED) is 0.491. The van der Waals surface area contributed by atoms with Gasteiger partial charge in [0.2, 0.25) is 0 Å². The van der Waals surface area contributed by atoms with E-state index in [4.69, 9.17) is 21.9 Å². The van der Waals surface area contributed by atoms with Crippen molar-refractivity contribution in [2.45, 2.75) is 46.7 Å². The summed E-state index contributed by atoms with van der Waals surface area (Å²) >= 11 is 5.93. The molecule has 6 nitrogen and oxygen atoms in total. The molecule has 0 aliphatic carbocycles. The van der Waals surface area contributed by atoms with Gasteiger partial charge < -0.3 is 19.5 Å². The molecule has 3 aromatic rings. The normalized spacial score (nSPS) is 20.7. The number of ether oxygens (including phenoxy) is 1. The molecule has 0 radical (unpaired) electrons. The van der Waals surface area contributed by atoms with Crippen molar-refractivity contribution in [1.82, 2.24) is 24.7 Å². The van der Waals surface area contributed by atoms with Crippen molar-refractivity contribution in [2.24, 2.45) is 0 Å². The lowest BCUT2D eigenvalue weighted by molar-refractivity contribution is 0.0350. The van der Waals surface area contributed by atoms with Gasteiger partial charge in [0.25, 0.3) is 0 Å². The second-order valence-electron chi connectivity index (χ2n) is 10.2. The van der Waals surface area contributed by atoms with Gasteiger partial charge in [0.05, 0.1) is 36.7 Å². The van der Waals surface area contributed by atoms with Crippen LogP contribution in [0.4, 0.5) is 0 Å². The summed E-state index contributed by atoms with van der Waals surface area (Å²) in [7, 11) is 0. The largest absolute Gasteiger partial charge is 0.379 e. The molecular weight excluding hydrogens is 466 g/mol. The minimum atomic E-state index is -0.00227. The maximum atomic E-state index is 5.93. The fourth-order valence-corrected chi connectivity index (χ4v) is 6.35. The van der Waals surface area contributed by atoms with Crippen LogP contribution in [0.15, 0.2) is 42.6 Å². The van der Waals surface area contributed by atoms with Gasteiger partial charge in [-0.05, 0) is 81.7 Å². The van der Waals surface area contributed by atoms with E-state index in [9.17, 15) is 0 Å². The van der Waals surface area contributed by atoms with E-state index in [1.54, 1.807) is 0 Å². The summed E-state index contributed by atoms with van der Waals surface area (Å²) in [6.45, 7) is 16.4. The highest BCUT2D eigenvalue weighted by Crippen LogP contribution is 2.41. The van der Waals surface area contributed by atoms with Crippen LogP contribution in [0.1, 0.15) is 51.4 Å². The Morgan fingerprint density at radius 2 is 1.72 bits per heavy atom. The van der Waals surface area contributed by atoms with E-state index in [0.717, 1.165) is 50.2 Å². The minimum Gasteiger partial charge on any atom is -0.379 e. The molecule has 2 saturated heterocycles. The van der Waals surface area contributed by atoms with Crippen LogP contribution in [0, 0.1) is 34.6 Å². The van der Waals surface area contributed by atoms with Crippen LogP contribution in [0.3, 0.4) is 0 Å². The Bertz CT molecular complexity index is 1230. The van der Waals surface area contributed by atoms with Crippen LogP contribution in [0.2, 0.25) is 0 Å². The first-order valence-corrected chi connectivity index (χ1v) is 13.3. The molecule has 7 heteroatoms. The van der Waals surface area contributed by atoms with Crippen molar-refractivity contribution in [3.63, 3.8) is 0 Å². The lowest BCUT2D eigenvalue weighted by atomic mass is 9.96. The van der Waals surface area contributed by atoms with E-state index in [1.165, 1.54) is 39.3 Å². The number of aromatic nitrogens is 2. The van der Waals surface area contributed by atoms with E-state index in [-0.39, 0.29) is 12.1 Å². The van der Waals surface area contributed by atoms with Gasteiger partial charge in [0.1, 0.15) is 0 Å². The van der Waals surface area contributed by atoms with Gasteiger partial charge >= 0.3 is 0 Å².